The van der Waals surface area contributed by atoms with Crippen molar-refractivity contribution in [1.29, 1.82) is 0 Å². The van der Waals surface area contributed by atoms with Crippen LogP contribution in [0.1, 0.15) is 27.2 Å². The molecular weight excluding hydrogens is 234 g/mol. The van der Waals surface area contributed by atoms with Gasteiger partial charge < -0.3 is 14.7 Å². The van der Waals surface area contributed by atoms with Crippen molar-refractivity contribution < 1.29 is 19.4 Å². The molecule has 2 atom stereocenters. The number of carboxylic acids is 1. The average molecular weight is 255 g/mol. The number of ether oxygens (including phenoxy) is 1. The van der Waals surface area contributed by atoms with Crippen LogP contribution in [0.2, 0.25) is 0 Å². The van der Waals surface area contributed by atoms with E-state index in [0.29, 0.717) is 13.0 Å². The topological polar surface area (TPSA) is 66.8 Å². The molecule has 1 rings (SSSR count). The number of hydrogen-bond donors (Lipinski definition) is 1. The molecule has 0 aliphatic carbocycles. The van der Waals surface area contributed by atoms with Gasteiger partial charge in [-0.05, 0) is 33.1 Å². The van der Waals surface area contributed by atoms with Gasteiger partial charge in [0.1, 0.15) is 5.60 Å². The summed E-state index contributed by atoms with van der Waals surface area (Å²) >= 11 is 0. The zero-order valence-electron chi connectivity index (χ0n) is 11.2. The summed E-state index contributed by atoms with van der Waals surface area (Å²) in [5.74, 6) is -1.48. The first-order valence-electron chi connectivity index (χ1n) is 6.06. The Morgan fingerprint density at radius 1 is 1.44 bits per heavy atom. The molecule has 1 fully saturated rings. The minimum absolute atomic E-state index is 0.0764. The first-order chi connectivity index (χ1) is 8.24. The zero-order chi connectivity index (χ0) is 13.9. The Balaban J connectivity index is 2.68. The van der Waals surface area contributed by atoms with E-state index in [1.54, 1.807) is 26.8 Å². The van der Waals surface area contributed by atoms with Gasteiger partial charge in [0.05, 0.1) is 5.92 Å². The van der Waals surface area contributed by atoms with Crippen LogP contribution in [0.15, 0.2) is 12.7 Å². The van der Waals surface area contributed by atoms with E-state index in [1.165, 1.54) is 4.90 Å². The number of likely N-dealkylation sites (tertiary alicyclic amines) is 1. The van der Waals surface area contributed by atoms with E-state index < -0.39 is 23.6 Å². The monoisotopic (exact) mass is 255 g/mol. The Bertz CT molecular complexity index is 345. The van der Waals surface area contributed by atoms with E-state index in [0.717, 1.165) is 0 Å². The Hall–Kier alpha value is -1.52. The largest absolute Gasteiger partial charge is 0.481 e. The average Bonchev–Trinajstić information content (AvgIpc) is 2.59. The Morgan fingerprint density at radius 2 is 2.06 bits per heavy atom. The fourth-order valence-corrected chi connectivity index (χ4v) is 2.08. The molecule has 1 aliphatic rings. The summed E-state index contributed by atoms with van der Waals surface area (Å²) < 4.78 is 5.24. The summed E-state index contributed by atoms with van der Waals surface area (Å²) in [7, 11) is 0. The van der Waals surface area contributed by atoms with Gasteiger partial charge in [0.25, 0.3) is 0 Å². The number of amides is 1. The van der Waals surface area contributed by atoms with Crippen LogP contribution in [-0.4, -0.2) is 40.8 Å². The van der Waals surface area contributed by atoms with Gasteiger partial charge in [0.15, 0.2) is 0 Å². The quantitative estimate of drug-likeness (QED) is 0.784. The van der Waals surface area contributed by atoms with E-state index in [1.807, 2.05) is 0 Å². The standard InChI is InChI=1S/C13H21NO4/c1-5-6-9-7-14(8-10(9)11(15)16)12(17)18-13(2,3)4/h5,9-10H,1,6-8H2,2-4H3,(H,15,16). The molecule has 1 N–H and O–H groups in total. The highest BCUT2D eigenvalue weighted by Gasteiger charge is 2.40. The summed E-state index contributed by atoms with van der Waals surface area (Å²) in [6.07, 6.45) is 1.84. The second-order valence-electron chi connectivity index (χ2n) is 5.61. The van der Waals surface area contributed by atoms with Crippen LogP contribution < -0.4 is 0 Å². The summed E-state index contributed by atoms with van der Waals surface area (Å²) in [5, 5.41) is 9.13. The van der Waals surface area contributed by atoms with Crippen molar-refractivity contribution in [2.24, 2.45) is 11.8 Å². The summed E-state index contributed by atoms with van der Waals surface area (Å²) in [5.41, 5.74) is -0.563. The maximum Gasteiger partial charge on any atom is 0.410 e. The molecule has 0 saturated carbocycles. The van der Waals surface area contributed by atoms with Gasteiger partial charge in [-0.2, -0.15) is 0 Å². The van der Waals surface area contributed by atoms with Gasteiger partial charge in [0.2, 0.25) is 0 Å². The third-order valence-electron chi connectivity index (χ3n) is 2.88. The number of hydrogen-bond acceptors (Lipinski definition) is 3. The molecule has 5 nitrogen and oxygen atoms in total. The highest BCUT2D eigenvalue weighted by atomic mass is 16.6. The first-order valence-corrected chi connectivity index (χ1v) is 6.06. The molecule has 18 heavy (non-hydrogen) atoms. The second kappa shape index (κ2) is 5.42. The highest BCUT2D eigenvalue weighted by Crippen LogP contribution is 2.28. The molecule has 1 heterocycles. The van der Waals surface area contributed by atoms with E-state index in [9.17, 15) is 9.59 Å². The molecule has 1 saturated heterocycles. The lowest BCUT2D eigenvalue weighted by molar-refractivity contribution is -0.142. The minimum atomic E-state index is -0.868. The zero-order valence-corrected chi connectivity index (χ0v) is 11.2. The third-order valence-corrected chi connectivity index (χ3v) is 2.88. The fraction of sp³-hybridized carbons (Fsp3) is 0.692. The summed E-state index contributed by atoms with van der Waals surface area (Å²) in [6, 6.07) is 0. The molecule has 0 aromatic carbocycles. The Labute approximate surface area is 107 Å². The van der Waals surface area contributed by atoms with Crippen LogP contribution in [0.5, 0.6) is 0 Å². The molecule has 102 valence electrons. The lowest BCUT2D eigenvalue weighted by Crippen LogP contribution is -2.35. The van der Waals surface area contributed by atoms with Crippen LogP contribution in [0.4, 0.5) is 4.79 Å². The fourth-order valence-electron chi connectivity index (χ4n) is 2.08. The smallest absolute Gasteiger partial charge is 0.410 e. The van der Waals surface area contributed by atoms with Gasteiger partial charge in [0, 0.05) is 13.1 Å². The van der Waals surface area contributed by atoms with Crippen LogP contribution in [0.25, 0.3) is 0 Å². The molecule has 0 bridgehead atoms. The van der Waals surface area contributed by atoms with Gasteiger partial charge in [-0.15, -0.1) is 6.58 Å². The van der Waals surface area contributed by atoms with Crippen molar-refractivity contribution in [1.82, 2.24) is 4.90 Å². The number of aliphatic carboxylic acids is 1. The molecule has 1 amide bonds. The normalized spacial score (nSPS) is 23.8. The molecule has 0 aromatic rings. The maximum absolute atomic E-state index is 11.9. The van der Waals surface area contributed by atoms with Gasteiger partial charge in [-0.1, -0.05) is 6.08 Å². The number of carbonyl (C=O) groups excluding carboxylic acids is 1. The van der Waals surface area contributed by atoms with Crippen LogP contribution in [0, 0.1) is 11.8 Å². The molecule has 0 aromatic heterocycles. The number of nitrogens with zero attached hydrogens (tertiary/aromatic N) is 1. The van der Waals surface area contributed by atoms with Crippen molar-refractivity contribution in [3.8, 4) is 0 Å². The Kier molecular flexibility index (Phi) is 4.38. The predicted octanol–water partition coefficient (Wildman–Crippen LogP) is 2.13. The van der Waals surface area contributed by atoms with Crippen LogP contribution >= 0.6 is 0 Å². The number of carbonyl (C=O) groups is 2. The highest BCUT2D eigenvalue weighted by molar-refractivity contribution is 5.74. The van der Waals surface area contributed by atoms with Gasteiger partial charge in [-0.3, -0.25) is 4.79 Å². The van der Waals surface area contributed by atoms with E-state index in [4.69, 9.17) is 9.84 Å². The SMILES string of the molecule is C=CCC1CN(C(=O)OC(C)(C)C)CC1C(=O)O. The molecule has 2 unspecified atom stereocenters. The molecular formula is C13H21NO4. The van der Waals surface area contributed by atoms with E-state index in [2.05, 4.69) is 6.58 Å². The van der Waals surface area contributed by atoms with Crippen molar-refractivity contribution in [3.05, 3.63) is 12.7 Å². The molecule has 5 heteroatoms. The molecule has 0 spiro atoms. The molecule has 1 aliphatic heterocycles. The maximum atomic E-state index is 11.9. The van der Waals surface area contributed by atoms with Crippen molar-refractivity contribution in [3.63, 3.8) is 0 Å². The second-order valence-corrected chi connectivity index (χ2v) is 5.61. The first kappa shape index (κ1) is 14.5. The summed E-state index contributed by atoms with van der Waals surface area (Å²) in [6.45, 7) is 9.61. The van der Waals surface area contributed by atoms with Crippen LogP contribution in [-0.2, 0) is 9.53 Å². The minimum Gasteiger partial charge on any atom is -0.481 e. The number of carboxylic acid groups (broad SMARTS) is 1. The van der Waals surface area contributed by atoms with Crippen LogP contribution in [0.3, 0.4) is 0 Å². The predicted molar refractivity (Wildman–Crippen MR) is 67.2 cm³/mol. The van der Waals surface area contributed by atoms with Crippen molar-refractivity contribution >= 4 is 12.1 Å². The van der Waals surface area contributed by atoms with Crippen molar-refractivity contribution in [2.45, 2.75) is 32.8 Å². The lowest BCUT2D eigenvalue weighted by atomic mass is 9.93. The number of rotatable bonds is 3. The van der Waals surface area contributed by atoms with Gasteiger partial charge >= 0.3 is 12.1 Å². The van der Waals surface area contributed by atoms with E-state index in [-0.39, 0.29) is 12.5 Å². The lowest BCUT2D eigenvalue weighted by Gasteiger charge is -2.24. The van der Waals surface area contributed by atoms with Crippen molar-refractivity contribution in [2.75, 3.05) is 13.1 Å². The Morgan fingerprint density at radius 3 is 2.50 bits per heavy atom. The van der Waals surface area contributed by atoms with E-state index >= 15 is 0 Å². The molecule has 0 radical (unpaired) electrons. The van der Waals surface area contributed by atoms with Gasteiger partial charge in [-0.25, -0.2) is 4.79 Å². The summed E-state index contributed by atoms with van der Waals surface area (Å²) in [4.78, 5) is 24.5. The third kappa shape index (κ3) is 3.75. The number of allylic oxidation sites excluding steroid dienone is 1.